The fourth-order valence-electron chi connectivity index (χ4n) is 7.78. The summed E-state index contributed by atoms with van der Waals surface area (Å²) in [6.07, 6.45) is 15.7. The third kappa shape index (κ3) is 4.44. The monoisotopic (exact) mass is 576 g/mol. The summed E-state index contributed by atoms with van der Waals surface area (Å²) in [7, 11) is 0. The average molecular weight is 577 g/mol. The molecule has 5 aromatic rings. The van der Waals surface area contributed by atoms with E-state index in [1.165, 1.54) is 66.8 Å². The molecule has 0 radical (unpaired) electrons. The van der Waals surface area contributed by atoms with Crippen molar-refractivity contribution in [1.82, 2.24) is 0 Å². The molecule has 0 nitrogen and oxygen atoms in total. The number of benzene rings is 5. The maximum atomic E-state index is 4.69. The van der Waals surface area contributed by atoms with Crippen LogP contribution in [-0.2, 0) is 5.41 Å². The number of hydrogen-bond donors (Lipinski definition) is 0. The molecule has 0 bridgehead atoms. The summed E-state index contributed by atoms with van der Waals surface area (Å²) in [6, 6.07) is 44.8. The van der Waals surface area contributed by atoms with E-state index in [-0.39, 0.29) is 0 Å². The van der Waals surface area contributed by atoms with Crippen molar-refractivity contribution in [3.8, 4) is 22.3 Å². The van der Waals surface area contributed by atoms with Crippen molar-refractivity contribution < 1.29 is 0 Å². The molecule has 0 aliphatic heterocycles. The Morgan fingerprint density at radius 3 is 2.13 bits per heavy atom. The van der Waals surface area contributed by atoms with Crippen molar-refractivity contribution >= 4 is 11.6 Å². The predicted octanol–water partition coefficient (Wildman–Crippen LogP) is 11.7. The number of fused-ring (bicyclic) bond motifs is 7. The van der Waals surface area contributed by atoms with Gasteiger partial charge in [0.05, 0.1) is 5.41 Å². The van der Waals surface area contributed by atoms with E-state index in [1.54, 1.807) is 0 Å². The van der Waals surface area contributed by atoms with Gasteiger partial charge < -0.3 is 0 Å². The number of rotatable bonds is 4. The third-order valence-electron chi connectivity index (χ3n) is 10.1. The first-order valence-electron chi connectivity index (χ1n) is 16.1. The molecule has 0 fully saturated rings. The fraction of sp³-hybridized carbons (Fsp3) is 0.111. The SMILES string of the molecule is C=C1/C=C\C=C/c2ccccc2C12c1ccccc1-c1cc(-c3ccc(C4=CC(C(C)c5ccccc5)=CCC4)cc3)ccc12. The minimum Gasteiger partial charge on any atom is -0.0942 e. The molecule has 2 atom stereocenters. The molecule has 0 N–H and O–H groups in total. The molecule has 3 aliphatic rings. The second kappa shape index (κ2) is 11.1. The first-order valence-corrected chi connectivity index (χ1v) is 16.1. The van der Waals surface area contributed by atoms with Gasteiger partial charge >= 0.3 is 0 Å². The first kappa shape index (κ1) is 27.4. The van der Waals surface area contributed by atoms with Gasteiger partial charge in [-0.3, -0.25) is 0 Å². The van der Waals surface area contributed by atoms with Gasteiger partial charge in [0.2, 0.25) is 0 Å². The van der Waals surface area contributed by atoms with Crippen LogP contribution in [0.3, 0.4) is 0 Å². The lowest BCUT2D eigenvalue weighted by molar-refractivity contribution is 0.767. The van der Waals surface area contributed by atoms with Crippen LogP contribution >= 0.6 is 0 Å². The lowest BCUT2D eigenvalue weighted by Gasteiger charge is -2.36. The van der Waals surface area contributed by atoms with E-state index in [0.29, 0.717) is 5.92 Å². The van der Waals surface area contributed by atoms with Crippen molar-refractivity contribution in [2.75, 3.05) is 0 Å². The lowest BCUT2D eigenvalue weighted by Crippen LogP contribution is -2.29. The van der Waals surface area contributed by atoms with Gasteiger partial charge in [0.1, 0.15) is 0 Å². The summed E-state index contributed by atoms with van der Waals surface area (Å²) in [5.74, 6) is 0.394. The molecule has 0 saturated carbocycles. The van der Waals surface area contributed by atoms with Crippen LogP contribution in [0.1, 0.15) is 59.1 Å². The quantitative estimate of drug-likeness (QED) is 0.200. The molecule has 216 valence electrons. The van der Waals surface area contributed by atoms with E-state index >= 15 is 0 Å². The van der Waals surface area contributed by atoms with E-state index in [4.69, 9.17) is 0 Å². The van der Waals surface area contributed by atoms with Crippen LogP contribution in [0.25, 0.3) is 33.9 Å². The smallest absolute Gasteiger partial charge is 0.0713 e. The summed E-state index contributed by atoms with van der Waals surface area (Å²) in [5, 5.41) is 0. The largest absolute Gasteiger partial charge is 0.0942 e. The van der Waals surface area contributed by atoms with Gasteiger partial charge in [-0.05, 0) is 91.3 Å². The molecule has 0 heteroatoms. The maximum absolute atomic E-state index is 4.69. The van der Waals surface area contributed by atoms with Gasteiger partial charge in [-0.2, -0.15) is 0 Å². The predicted molar refractivity (Wildman–Crippen MR) is 191 cm³/mol. The Morgan fingerprint density at radius 1 is 0.622 bits per heavy atom. The topological polar surface area (TPSA) is 0 Å². The molecule has 0 amide bonds. The summed E-state index contributed by atoms with van der Waals surface area (Å²) in [4.78, 5) is 0. The van der Waals surface area contributed by atoms with Crippen LogP contribution in [0.2, 0.25) is 0 Å². The molecular formula is C45H36. The molecule has 3 aliphatic carbocycles. The van der Waals surface area contributed by atoms with Crippen LogP contribution in [-0.4, -0.2) is 0 Å². The summed E-state index contributed by atoms with van der Waals surface area (Å²) >= 11 is 0. The van der Waals surface area contributed by atoms with Crippen LogP contribution in [0.4, 0.5) is 0 Å². The molecule has 8 rings (SSSR count). The highest BCUT2D eigenvalue weighted by atomic mass is 14.5. The van der Waals surface area contributed by atoms with Crippen LogP contribution in [0.15, 0.2) is 169 Å². The molecule has 0 saturated heterocycles. The normalized spacial score (nSPS) is 20.2. The van der Waals surface area contributed by atoms with Gasteiger partial charge in [0.15, 0.2) is 0 Å². The average Bonchev–Trinajstić information content (AvgIpc) is 3.40. The van der Waals surface area contributed by atoms with Crippen LogP contribution in [0, 0.1) is 0 Å². The van der Waals surface area contributed by atoms with E-state index in [2.05, 4.69) is 171 Å². The zero-order valence-corrected chi connectivity index (χ0v) is 25.7. The second-order valence-corrected chi connectivity index (χ2v) is 12.5. The van der Waals surface area contributed by atoms with Crippen LogP contribution < -0.4 is 0 Å². The molecule has 0 heterocycles. The highest BCUT2D eigenvalue weighted by Gasteiger charge is 2.47. The highest BCUT2D eigenvalue weighted by molar-refractivity contribution is 5.90. The molecule has 5 aromatic carbocycles. The number of hydrogen-bond acceptors (Lipinski definition) is 0. The number of allylic oxidation sites excluding steroid dienone is 8. The van der Waals surface area contributed by atoms with Crippen molar-refractivity contribution in [2.24, 2.45) is 0 Å². The Hall–Kier alpha value is -5.20. The Labute approximate surface area is 267 Å². The van der Waals surface area contributed by atoms with Gasteiger partial charge in [0.25, 0.3) is 0 Å². The van der Waals surface area contributed by atoms with Crippen molar-refractivity contribution in [1.29, 1.82) is 0 Å². The molecule has 0 aromatic heterocycles. The fourth-order valence-corrected chi connectivity index (χ4v) is 7.78. The standard InChI is InChI=1S/C45H36/c1-31-13-6-7-16-36-17-8-10-21-42(36)45(31)43-22-11-9-20-40(43)41-30-39(27-28-44(41)45)35-25-23-34(24-26-35)38-19-12-18-37(29-38)32(2)33-14-4-3-5-15-33/h3-11,13-18,20-30,32H,1,12,19H2,2H3/b13-6-,16-7-. The zero-order valence-electron chi connectivity index (χ0n) is 25.7. The highest BCUT2D eigenvalue weighted by Crippen LogP contribution is 2.57. The first-order chi connectivity index (χ1) is 22.1. The maximum Gasteiger partial charge on any atom is 0.0713 e. The van der Waals surface area contributed by atoms with E-state index < -0.39 is 5.41 Å². The Balaban J connectivity index is 1.18. The van der Waals surface area contributed by atoms with Crippen molar-refractivity contribution in [3.63, 3.8) is 0 Å². The summed E-state index contributed by atoms with van der Waals surface area (Å²) in [5.41, 5.74) is 16.4. The Morgan fingerprint density at radius 2 is 1.29 bits per heavy atom. The van der Waals surface area contributed by atoms with Crippen molar-refractivity contribution in [3.05, 3.63) is 203 Å². The van der Waals surface area contributed by atoms with Gasteiger partial charge in [-0.15, -0.1) is 0 Å². The van der Waals surface area contributed by atoms with E-state index in [1.807, 2.05) is 0 Å². The van der Waals surface area contributed by atoms with E-state index in [9.17, 15) is 0 Å². The molecule has 45 heavy (non-hydrogen) atoms. The Bertz CT molecular complexity index is 2060. The van der Waals surface area contributed by atoms with Gasteiger partial charge in [0, 0.05) is 5.92 Å². The summed E-state index contributed by atoms with van der Waals surface area (Å²) < 4.78 is 0. The third-order valence-corrected chi connectivity index (χ3v) is 10.1. The zero-order chi connectivity index (χ0) is 30.4. The van der Waals surface area contributed by atoms with Crippen LogP contribution in [0.5, 0.6) is 0 Å². The van der Waals surface area contributed by atoms with Gasteiger partial charge in [-0.1, -0.05) is 165 Å². The second-order valence-electron chi connectivity index (χ2n) is 12.5. The molecular weight excluding hydrogens is 540 g/mol. The minimum atomic E-state index is -0.429. The lowest BCUT2D eigenvalue weighted by atomic mass is 9.65. The minimum absolute atomic E-state index is 0.394. The van der Waals surface area contributed by atoms with E-state index in [0.717, 1.165) is 18.4 Å². The molecule has 1 spiro atoms. The Kier molecular flexibility index (Phi) is 6.72. The summed E-state index contributed by atoms with van der Waals surface area (Å²) in [6.45, 7) is 7.00. The van der Waals surface area contributed by atoms with Crippen molar-refractivity contribution in [2.45, 2.75) is 31.1 Å². The van der Waals surface area contributed by atoms with Gasteiger partial charge in [-0.25, -0.2) is 0 Å². The molecule has 2 unspecified atom stereocenters.